The van der Waals surface area contributed by atoms with E-state index in [1.807, 2.05) is 0 Å². The van der Waals surface area contributed by atoms with Gasteiger partial charge in [0.05, 0.1) is 0 Å². The third kappa shape index (κ3) is 1.82. The highest BCUT2D eigenvalue weighted by Crippen LogP contribution is 2.07. The van der Waals surface area contributed by atoms with Crippen molar-refractivity contribution in [2.75, 3.05) is 0 Å². The van der Waals surface area contributed by atoms with Crippen molar-refractivity contribution in [1.29, 1.82) is 0 Å². The van der Waals surface area contributed by atoms with Crippen LogP contribution in [0.3, 0.4) is 0 Å². The minimum absolute atomic E-state index is 0.0603. The Morgan fingerprint density at radius 1 is 1.47 bits per heavy atom. The molecule has 0 saturated heterocycles. The lowest BCUT2D eigenvalue weighted by Gasteiger charge is -1.98. The molecule has 2 aromatic heterocycles. The van der Waals surface area contributed by atoms with Crippen LogP contribution in [0.4, 0.5) is 4.39 Å². The zero-order chi connectivity index (χ0) is 10.8. The molecular formula is C8H6FN5S. The van der Waals surface area contributed by atoms with Crippen LogP contribution in [0.25, 0.3) is 5.82 Å². The Bertz CT molecular complexity index is 509. The predicted octanol–water partition coefficient (Wildman–Crippen LogP) is 0.436. The second-order valence-corrected chi connectivity index (χ2v) is 3.13. The van der Waals surface area contributed by atoms with Gasteiger partial charge in [-0.3, -0.25) is 0 Å². The number of nitrogens with two attached hydrogens (primary N) is 1. The fourth-order valence-electron chi connectivity index (χ4n) is 1.02. The molecule has 0 aliphatic rings. The van der Waals surface area contributed by atoms with Gasteiger partial charge >= 0.3 is 0 Å². The van der Waals surface area contributed by atoms with Crippen LogP contribution in [-0.2, 0) is 0 Å². The maximum Gasteiger partial charge on any atom is 0.208 e. The molecule has 0 saturated carbocycles. The Kier molecular flexibility index (Phi) is 2.38. The summed E-state index contributed by atoms with van der Waals surface area (Å²) in [6, 6.07) is 2.77. The average Bonchev–Trinajstić information content (AvgIpc) is 2.67. The lowest BCUT2D eigenvalue weighted by Crippen LogP contribution is -2.12. The molecule has 2 aromatic rings. The van der Waals surface area contributed by atoms with Gasteiger partial charge in [0.25, 0.3) is 0 Å². The topological polar surface area (TPSA) is 69.6 Å². The molecule has 0 atom stereocenters. The van der Waals surface area contributed by atoms with Crippen molar-refractivity contribution in [2.45, 2.75) is 0 Å². The standard InChI is InChI=1S/C8H6FN5S/c9-5-2-1-3-11-8(5)14-4-12-7(13-14)6(10)15/h1-4H,(H2,10,15). The zero-order valence-corrected chi connectivity index (χ0v) is 8.28. The summed E-state index contributed by atoms with van der Waals surface area (Å²) in [7, 11) is 0. The number of hydrogen-bond acceptors (Lipinski definition) is 4. The van der Waals surface area contributed by atoms with Gasteiger partial charge in [-0.2, -0.15) is 4.68 Å². The first-order valence-electron chi connectivity index (χ1n) is 4.01. The van der Waals surface area contributed by atoms with E-state index in [1.54, 1.807) is 0 Å². The SMILES string of the molecule is NC(=S)c1ncn(-c2ncccc2F)n1. The van der Waals surface area contributed by atoms with Gasteiger partial charge < -0.3 is 5.73 Å². The average molecular weight is 223 g/mol. The molecule has 0 bridgehead atoms. The summed E-state index contributed by atoms with van der Waals surface area (Å²) in [6.45, 7) is 0. The summed E-state index contributed by atoms with van der Waals surface area (Å²) < 4.78 is 14.5. The number of aromatic nitrogens is 4. The van der Waals surface area contributed by atoms with Gasteiger partial charge in [0.1, 0.15) is 11.3 Å². The number of nitrogens with zero attached hydrogens (tertiary/aromatic N) is 4. The molecular weight excluding hydrogens is 217 g/mol. The molecule has 2 N–H and O–H groups in total. The monoisotopic (exact) mass is 223 g/mol. The van der Waals surface area contributed by atoms with Crippen LogP contribution >= 0.6 is 12.2 Å². The van der Waals surface area contributed by atoms with Crippen molar-refractivity contribution in [3.8, 4) is 5.82 Å². The summed E-state index contributed by atoms with van der Waals surface area (Å²) in [4.78, 5) is 7.69. The summed E-state index contributed by atoms with van der Waals surface area (Å²) in [5.41, 5.74) is 5.32. The minimum Gasteiger partial charge on any atom is -0.387 e. The van der Waals surface area contributed by atoms with Gasteiger partial charge in [-0.05, 0) is 12.1 Å². The van der Waals surface area contributed by atoms with Gasteiger partial charge in [-0.15, -0.1) is 5.10 Å². The van der Waals surface area contributed by atoms with E-state index in [0.717, 1.165) is 0 Å². The molecule has 0 aliphatic carbocycles. The maximum atomic E-state index is 13.3. The largest absolute Gasteiger partial charge is 0.387 e. The van der Waals surface area contributed by atoms with Crippen molar-refractivity contribution in [1.82, 2.24) is 19.7 Å². The molecule has 0 amide bonds. The molecule has 7 heteroatoms. The Morgan fingerprint density at radius 2 is 2.27 bits per heavy atom. The van der Waals surface area contributed by atoms with Gasteiger partial charge in [-0.25, -0.2) is 14.4 Å². The molecule has 76 valence electrons. The zero-order valence-electron chi connectivity index (χ0n) is 7.46. The quantitative estimate of drug-likeness (QED) is 0.748. The number of pyridine rings is 1. The van der Waals surface area contributed by atoms with Crippen molar-refractivity contribution in [3.63, 3.8) is 0 Å². The molecule has 0 spiro atoms. The fraction of sp³-hybridized carbons (Fsp3) is 0. The molecule has 0 fully saturated rings. The van der Waals surface area contributed by atoms with Crippen molar-refractivity contribution in [2.24, 2.45) is 5.73 Å². The van der Waals surface area contributed by atoms with E-state index in [4.69, 9.17) is 5.73 Å². The number of halogens is 1. The molecule has 15 heavy (non-hydrogen) atoms. The normalized spacial score (nSPS) is 10.2. The minimum atomic E-state index is -0.489. The number of hydrogen-bond donors (Lipinski definition) is 1. The second kappa shape index (κ2) is 3.70. The first kappa shape index (κ1) is 9.66. The fourth-order valence-corrected chi connectivity index (χ4v) is 1.12. The van der Waals surface area contributed by atoms with E-state index < -0.39 is 5.82 Å². The van der Waals surface area contributed by atoms with Crippen LogP contribution in [0.1, 0.15) is 5.82 Å². The molecule has 5 nitrogen and oxygen atoms in total. The predicted molar refractivity (Wildman–Crippen MR) is 55.0 cm³/mol. The van der Waals surface area contributed by atoms with E-state index in [2.05, 4.69) is 27.3 Å². The first-order valence-corrected chi connectivity index (χ1v) is 4.41. The van der Waals surface area contributed by atoms with Crippen LogP contribution < -0.4 is 5.73 Å². The summed E-state index contributed by atoms with van der Waals surface area (Å²) in [5, 5.41) is 3.88. The maximum absolute atomic E-state index is 13.3. The van der Waals surface area contributed by atoms with Crippen LogP contribution in [0.2, 0.25) is 0 Å². The Hall–Kier alpha value is -1.89. The number of rotatable bonds is 2. The third-order valence-corrected chi connectivity index (χ3v) is 1.85. The molecule has 0 aliphatic heterocycles. The highest BCUT2D eigenvalue weighted by Gasteiger charge is 2.09. The van der Waals surface area contributed by atoms with E-state index >= 15 is 0 Å². The Balaban J connectivity index is 2.46. The Morgan fingerprint density at radius 3 is 2.87 bits per heavy atom. The molecule has 0 aromatic carbocycles. The molecule has 0 unspecified atom stereocenters. The van der Waals surface area contributed by atoms with Gasteiger partial charge in [0.15, 0.2) is 11.6 Å². The lowest BCUT2D eigenvalue weighted by atomic mass is 10.4. The lowest BCUT2D eigenvalue weighted by molar-refractivity contribution is 0.600. The van der Waals surface area contributed by atoms with Gasteiger partial charge in [0.2, 0.25) is 5.82 Å². The van der Waals surface area contributed by atoms with Gasteiger partial charge in [0, 0.05) is 6.20 Å². The van der Waals surface area contributed by atoms with E-state index in [1.165, 1.54) is 29.3 Å². The smallest absolute Gasteiger partial charge is 0.208 e. The molecule has 2 heterocycles. The van der Waals surface area contributed by atoms with Crippen molar-refractivity contribution < 1.29 is 4.39 Å². The van der Waals surface area contributed by atoms with Crippen molar-refractivity contribution in [3.05, 3.63) is 36.3 Å². The van der Waals surface area contributed by atoms with Crippen molar-refractivity contribution >= 4 is 17.2 Å². The molecule has 2 rings (SSSR count). The Labute approximate surface area is 89.8 Å². The van der Waals surface area contributed by atoms with Gasteiger partial charge in [-0.1, -0.05) is 12.2 Å². The van der Waals surface area contributed by atoms with Crippen LogP contribution in [0.5, 0.6) is 0 Å². The first-order chi connectivity index (χ1) is 7.18. The summed E-state index contributed by atoms with van der Waals surface area (Å²) in [5.74, 6) is -0.237. The highest BCUT2D eigenvalue weighted by molar-refractivity contribution is 7.80. The van der Waals surface area contributed by atoms with E-state index in [0.29, 0.717) is 0 Å². The van der Waals surface area contributed by atoms with Crippen LogP contribution in [-0.4, -0.2) is 24.7 Å². The van der Waals surface area contributed by atoms with Crippen LogP contribution in [0, 0.1) is 5.82 Å². The van der Waals surface area contributed by atoms with E-state index in [9.17, 15) is 4.39 Å². The van der Waals surface area contributed by atoms with Crippen LogP contribution in [0.15, 0.2) is 24.7 Å². The van der Waals surface area contributed by atoms with E-state index in [-0.39, 0.29) is 16.6 Å². The number of thiocarbonyl (C=S) groups is 1. The second-order valence-electron chi connectivity index (χ2n) is 2.69. The summed E-state index contributed by atoms with van der Waals surface area (Å²) in [6.07, 6.45) is 2.76. The third-order valence-electron chi connectivity index (χ3n) is 1.67. The highest BCUT2D eigenvalue weighted by atomic mass is 32.1. The summed E-state index contributed by atoms with van der Waals surface area (Å²) >= 11 is 4.68. The molecule has 0 radical (unpaired) electrons.